The lowest BCUT2D eigenvalue weighted by molar-refractivity contribution is 0.272. The van der Waals surface area contributed by atoms with Crippen molar-refractivity contribution in [1.29, 1.82) is 0 Å². The number of rotatable bonds is 6. The molecule has 3 rings (SSSR count). The first kappa shape index (κ1) is 14.9. The number of hydrogen-bond donors (Lipinski definition) is 1. The molecule has 0 unspecified atom stereocenters. The number of phenols is 1. The number of benzene rings is 1. The topological polar surface area (TPSA) is 23.5 Å². The average molecular weight is 287 g/mol. The van der Waals surface area contributed by atoms with Crippen LogP contribution in [-0.4, -0.2) is 29.6 Å². The van der Waals surface area contributed by atoms with E-state index in [2.05, 4.69) is 24.8 Å². The van der Waals surface area contributed by atoms with E-state index in [4.69, 9.17) is 0 Å². The van der Waals surface area contributed by atoms with E-state index < -0.39 is 0 Å². The van der Waals surface area contributed by atoms with Crippen LogP contribution in [0.4, 0.5) is 0 Å². The van der Waals surface area contributed by atoms with Gasteiger partial charge in [-0.2, -0.15) is 0 Å². The number of aromatic hydroxyl groups is 1. The van der Waals surface area contributed by atoms with Crippen LogP contribution in [0.5, 0.6) is 5.75 Å². The fourth-order valence-corrected chi connectivity index (χ4v) is 3.95. The fraction of sp³-hybridized carbons (Fsp3) is 0.684. The van der Waals surface area contributed by atoms with Gasteiger partial charge in [0.2, 0.25) is 0 Å². The highest BCUT2D eigenvalue weighted by Crippen LogP contribution is 2.43. The van der Waals surface area contributed by atoms with Gasteiger partial charge >= 0.3 is 0 Å². The smallest absolute Gasteiger partial charge is 0.115 e. The molecule has 0 aromatic heterocycles. The molecule has 2 aliphatic rings. The molecule has 1 aromatic rings. The Hall–Kier alpha value is -1.02. The molecule has 1 aliphatic carbocycles. The van der Waals surface area contributed by atoms with Crippen LogP contribution in [0.1, 0.15) is 51.5 Å². The van der Waals surface area contributed by atoms with Crippen LogP contribution in [0.2, 0.25) is 0 Å². The molecule has 1 saturated carbocycles. The summed E-state index contributed by atoms with van der Waals surface area (Å²) in [7, 11) is 0. The first-order valence-electron chi connectivity index (χ1n) is 8.63. The van der Waals surface area contributed by atoms with Gasteiger partial charge in [0.25, 0.3) is 0 Å². The quantitative estimate of drug-likeness (QED) is 0.848. The maximum absolute atomic E-state index is 9.89. The molecule has 2 heteroatoms. The van der Waals surface area contributed by atoms with Gasteiger partial charge in [-0.3, -0.25) is 0 Å². The number of hydrogen-bond acceptors (Lipinski definition) is 2. The third-order valence-corrected chi connectivity index (χ3v) is 5.54. The van der Waals surface area contributed by atoms with Crippen molar-refractivity contribution in [2.24, 2.45) is 11.8 Å². The van der Waals surface area contributed by atoms with Crippen LogP contribution in [0, 0.1) is 11.8 Å². The molecular formula is C19H29NO. The Labute approximate surface area is 129 Å². The van der Waals surface area contributed by atoms with Gasteiger partial charge in [0.05, 0.1) is 0 Å². The summed E-state index contributed by atoms with van der Waals surface area (Å²) in [6.07, 6.45) is 6.59. The summed E-state index contributed by atoms with van der Waals surface area (Å²) < 4.78 is 0. The zero-order valence-corrected chi connectivity index (χ0v) is 13.5. The monoisotopic (exact) mass is 287 g/mol. The zero-order chi connectivity index (χ0) is 14.9. The molecule has 0 spiro atoms. The first-order chi connectivity index (χ1) is 10.1. The van der Waals surface area contributed by atoms with Crippen LogP contribution in [-0.2, 0) is 5.41 Å². The molecule has 2 fully saturated rings. The normalized spacial score (nSPS) is 27.9. The van der Waals surface area contributed by atoms with Crippen LogP contribution in [0.3, 0.4) is 0 Å². The summed E-state index contributed by atoms with van der Waals surface area (Å²) in [5.74, 6) is 2.12. The highest BCUT2D eigenvalue weighted by molar-refractivity contribution is 5.34. The van der Waals surface area contributed by atoms with E-state index in [0.29, 0.717) is 5.75 Å². The van der Waals surface area contributed by atoms with E-state index in [1.807, 2.05) is 12.1 Å². The number of phenolic OH excluding ortho intramolecular Hbond substituents is 1. The summed E-state index contributed by atoms with van der Waals surface area (Å²) >= 11 is 0. The average Bonchev–Trinajstić information content (AvgIpc) is 3.19. The standard InChI is InChI=1S/C19H29NO/c1-3-15(2)12-19(17-5-4-6-18(21)11-17)9-10-20(14-19)13-16-7-8-16/h4-6,11,15-16,21H,3,7-10,12-14H2,1-2H3/t15-,19-/m0/s1. The first-order valence-corrected chi connectivity index (χ1v) is 8.63. The zero-order valence-electron chi connectivity index (χ0n) is 13.5. The van der Waals surface area contributed by atoms with Crippen molar-refractivity contribution in [3.8, 4) is 5.75 Å². The Kier molecular flexibility index (Phi) is 4.26. The molecule has 0 bridgehead atoms. The van der Waals surface area contributed by atoms with Gasteiger partial charge in [0.1, 0.15) is 5.75 Å². The number of nitrogens with zero attached hydrogens (tertiary/aromatic N) is 1. The highest BCUT2D eigenvalue weighted by Gasteiger charge is 2.41. The molecular weight excluding hydrogens is 258 g/mol. The summed E-state index contributed by atoms with van der Waals surface area (Å²) in [6.45, 7) is 8.35. The maximum Gasteiger partial charge on any atom is 0.115 e. The molecule has 1 saturated heterocycles. The van der Waals surface area contributed by atoms with Crippen molar-refractivity contribution >= 4 is 0 Å². The second kappa shape index (κ2) is 6.00. The van der Waals surface area contributed by atoms with Crippen molar-refractivity contribution in [2.75, 3.05) is 19.6 Å². The fourth-order valence-electron chi connectivity index (χ4n) is 3.95. The van der Waals surface area contributed by atoms with E-state index >= 15 is 0 Å². The Morgan fingerprint density at radius 3 is 2.86 bits per heavy atom. The third-order valence-electron chi connectivity index (χ3n) is 5.54. The lowest BCUT2D eigenvalue weighted by Gasteiger charge is -2.33. The van der Waals surface area contributed by atoms with E-state index in [0.717, 1.165) is 11.8 Å². The summed E-state index contributed by atoms with van der Waals surface area (Å²) in [5.41, 5.74) is 1.60. The van der Waals surface area contributed by atoms with Crippen LogP contribution < -0.4 is 0 Å². The molecule has 0 radical (unpaired) electrons. The van der Waals surface area contributed by atoms with Gasteiger partial charge in [-0.15, -0.1) is 0 Å². The van der Waals surface area contributed by atoms with E-state index in [-0.39, 0.29) is 5.41 Å². The van der Waals surface area contributed by atoms with Gasteiger partial charge < -0.3 is 10.0 Å². The Balaban J connectivity index is 1.81. The molecule has 1 heterocycles. The van der Waals surface area contributed by atoms with E-state index in [1.165, 1.54) is 57.3 Å². The van der Waals surface area contributed by atoms with E-state index in [1.54, 1.807) is 6.07 Å². The predicted octanol–water partition coefficient (Wildman–Crippen LogP) is 4.18. The molecule has 116 valence electrons. The lowest BCUT2D eigenvalue weighted by Crippen LogP contribution is -2.33. The Morgan fingerprint density at radius 1 is 1.38 bits per heavy atom. The minimum absolute atomic E-state index is 0.253. The van der Waals surface area contributed by atoms with Crippen molar-refractivity contribution < 1.29 is 5.11 Å². The van der Waals surface area contributed by atoms with Gasteiger partial charge in [0.15, 0.2) is 0 Å². The van der Waals surface area contributed by atoms with Crippen molar-refractivity contribution in [3.63, 3.8) is 0 Å². The molecule has 1 aromatic carbocycles. The second-order valence-electron chi connectivity index (χ2n) is 7.48. The minimum Gasteiger partial charge on any atom is -0.508 e. The second-order valence-corrected chi connectivity index (χ2v) is 7.48. The molecule has 2 nitrogen and oxygen atoms in total. The SMILES string of the molecule is CC[C@H](C)C[C@@]1(c2cccc(O)c2)CCN(CC2CC2)C1. The molecule has 2 atom stereocenters. The van der Waals surface area contributed by atoms with E-state index in [9.17, 15) is 5.11 Å². The van der Waals surface area contributed by atoms with Gasteiger partial charge in [0, 0.05) is 18.5 Å². The van der Waals surface area contributed by atoms with Gasteiger partial charge in [-0.25, -0.2) is 0 Å². The molecule has 21 heavy (non-hydrogen) atoms. The van der Waals surface area contributed by atoms with Crippen molar-refractivity contribution in [1.82, 2.24) is 4.90 Å². The molecule has 0 amide bonds. The molecule has 1 aliphatic heterocycles. The Bertz CT molecular complexity index is 482. The largest absolute Gasteiger partial charge is 0.508 e. The van der Waals surface area contributed by atoms with Crippen LogP contribution in [0.25, 0.3) is 0 Å². The molecule has 1 N–H and O–H groups in total. The number of likely N-dealkylation sites (tertiary alicyclic amines) is 1. The summed E-state index contributed by atoms with van der Waals surface area (Å²) in [6, 6.07) is 8.02. The Morgan fingerprint density at radius 2 is 2.19 bits per heavy atom. The minimum atomic E-state index is 0.253. The lowest BCUT2D eigenvalue weighted by atomic mass is 9.73. The predicted molar refractivity (Wildman–Crippen MR) is 87.6 cm³/mol. The maximum atomic E-state index is 9.89. The van der Waals surface area contributed by atoms with Crippen LogP contribution >= 0.6 is 0 Å². The highest BCUT2D eigenvalue weighted by atomic mass is 16.3. The summed E-state index contributed by atoms with van der Waals surface area (Å²) in [5, 5.41) is 9.89. The summed E-state index contributed by atoms with van der Waals surface area (Å²) in [4.78, 5) is 2.67. The van der Waals surface area contributed by atoms with Gasteiger partial charge in [-0.05, 0) is 61.8 Å². The van der Waals surface area contributed by atoms with Crippen molar-refractivity contribution in [2.45, 2.75) is 51.4 Å². The van der Waals surface area contributed by atoms with Crippen molar-refractivity contribution in [3.05, 3.63) is 29.8 Å². The van der Waals surface area contributed by atoms with Gasteiger partial charge in [-0.1, -0.05) is 32.4 Å². The third kappa shape index (κ3) is 3.42. The van der Waals surface area contributed by atoms with Crippen LogP contribution in [0.15, 0.2) is 24.3 Å².